The van der Waals surface area contributed by atoms with Crippen LogP contribution in [0.4, 0.5) is 5.69 Å². The molecule has 6 nitrogen and oxygen atoms in total. The molecule has 2 amide bonds. The van der Waals surface area contributed by atoms with Gasteiger partial charge in [-0.2, -0.15) is 0 Å². The predicted octanol–water partition coefficient (Wildman–Crippen LogP) is 2.76. The van der Waals surface area contributed by atoms with Crippen LogP contribution < -0.4 is 15.0 Å². The molecule has 6 heteroatoms. The Morgan fingerprint density at radius 1 is 1.07 bits per heavy atom. The van der Waals surface area contributed by atoms with Crippen molar-refractivity contribution in [3.8, 4) is 5.75 Å². The number of amides is 2. The number of nitrogens with zero attached hydrogens (tertiary/aromatic N) is 2. The molecule has 0 unspecified atom stereocenters. The zero-order chi connectivity index (χ0) is 21.1. The Kier molecular flexibility index (Phi) is 5.77. The van der Waals surface area contributed by atoms with Gasteiger partial charge in [-0.3, -0.25) is 19.4 Å². The maximum atomic E-state index is 12.7. The Bertz CT molecular complexity index is 941. The molecule has 30 heavy (non-hydrogen) atoms. The molecule has 4 rings (SSSR count). The maximum absolute atomic E-state index is 12.7. The number of nitrogens with one attached hydrogen (secondary N) is 1. The van der Waals surface area contributed by atoms with Crippen molar-refractivity contribution >= 4 is 17.5 Å². The van der Waals surface area contributed by atoms with E-state index in [2.05, 4.69) is 48.3 Å². The summed E-state index contributed by atoms with van der Waals surface area (Å²) in [7, 11) is 0. The fraction of sp³-hybridized carbons (Fsp3) is 0.417. The number of benzene rings is 2. The van der Waals surface area contributed by atoms with Crippen LogP contribution in [0.15, 0.2) is 48.5 Å². The van der Waals surface area contributed by atoms with Gasteiger partial charge in [0.15, 0.2) is 0 Å². The minimum absolute atomic E-state index is 0.00186. The van der Waals surface area contributed by atoms with E-state index in [1.807, 2.05) is 24.3 Å². The van der Waals surface area contributed by atoms with Crippen LogP contribution in [0.5, 0.6) is 5.75 Å². The molecule has 0 spiro atoms. The Morgan fingerprint density at radius 3 is 2.63 bits per heavy atom. The van der Waals surface area contributed by atoms with Crippen LogP contribution in [0.3, 0.4) is 0 Å². The van der Waals surface area contributed by atoms with Gasteiger partial charge in [-0.1, -0.05) is 36.4 Å². The Hall–Kier alpha value is -2.86. The van der Waals surface area contributed by atoms with Crippen molar-refractivity contribution in [2.45, 2.75) is 38.8 Å². The highest BCUT2D eigenvalue weighted by Gasteiger charge is 2.31. The Morgan fingerprint density at radius 2 is 1.80 bits per heavy atom. The summed E-state index contributed by atoms with van der Waals surface area (Å²) in [6.45, 7) is 7.01. The van der Waals surface area contributed by atoms with Gasteiger partial charge in [0.1, 0.15) is 12.3 Å². The molecule has 0 aromatic heterocycles. The van der Waals surface area contributed by atoms with E-state index in [0.717, 1.165) is 19.5 Å². The molecule has 1 N–H and O–H groups in total. The summed E-state index contributed by atoms with van der Waals surface area (Å²) < 4.78 is 5.65. The molecule has 2 aromatic rings. The van der Waals surface area contributed by atoms with Crippen LogP contribution >= 0.6 is 0 Å². The van der Waals surface area contributed by atoms with Crippen molar-refractivity contribution in [1.82, 2.24) is 10.2 Å². The van der Waals surface area contributed by atoms with Crippen molar-refractivity contribution < 1.29 is 14.3 Å². The fourth-order valence-electron chi connectivity index (χ4n) is 4.13. The number of ether oxygens (including phenoxy) is 1. The molecule has 0 saturated heterocycles. The van der Waals surface area contributed by atoms with Gasteiger partial charge in [-0.05, 0) is 43.5 Å². The second-order valence-corrected chi connectivity index (χ2v) is 8.58. The number of anilines is 1. The third-order valence-corrected chi connectivity index (χ3v) is 6.04. The van der Waals surface area contributed by atoms with Crippen LogP contribution in [0, 0.1) is 0 Å². The molecule has 2 aromatic carbocycles. The monoisotopic (exact) mass is 407 g/mol. The molecule has 0 bridgehead atoms. The standard InChI is InChI=1S/C24H29N3O3/c1-24(2,26-13-11-18-7-3-4-8-19(18)15-26)17-25-22(28)16-27-20-9-5-6-10-21(20)30-14-12-23(27)29/h3-10H,11-17H2,1-2H3,(H,25,28). The highest BCUT2D eigenvalue weighted by atomic mass is 16.5. The molecule has 0 aliphatic carbocycles. The Balaban J connectivity index is 1.38. The molecular weight excluding hydrogens is 378 g/mol. The summed E-state index contributed by atoms with van der Waals surface area (Å²) in [6.07, 6.45) is 1.28. The number of hydrogen-bond acceptors (Lipinski definition) is 4. The predicted molar refractivity (Wildman–Crippen MR) is 117 cm³/mol. The second-order valence-electron chi connectivity index (χ2n) is 8.58. The van der Waals surface area contributed by atoms with Crippen LogP contribution in [0.25, 0.3) is 0 Å². The number of fused-ring (bicyclic) bond motifs is 2. The lowest BCUT2D eigenvalue weighted by Crippen LogP contribution is -2.54. The highest BCUT2D eigenvalue weighted by Crippen LogP contribution is 2.31. The normalized spacial score (nSPS) is 16.9. The molecule has 0 saturated carbocycles. The van der Waals surface area contributed by atoms with Gasteiger partial charge >= 0.3 is 0 Å². The van der Waals surface area contributed by atoms with Gasteiger partial charge in [0.2, 0.25) is 11.8 Å². The molecular formula is C24H29N3O3. The van der Waals surface area contributed by atoms with E-state index in [1.54, 1.807) is 0 Å². The maximum Gasteiger partial charge on any atom is 0.240 e. The van der Waals surface area contributed by atoms with E-state index in [-0.39, 0.29) is 30.3 Å². The fourth-order valence-corrected chi connectivity index (χ4v) is 4.13. The number of para-hydroxylation sites is 2. The third-order valence-electron chi connectivity index (χ3n) is 6.04. The molecule has 0 radical (unpaired) electrons. The van der Waals surface area contributed by atoms with E-state index in [9.17, 15) is 9.59 Å². The molecule has 158 valence electrons. The third kappa shape index (κ3) is 4.33. The first kappa shape index (κ1) is 20.4. The van der Waals surface area contributed by atoms with Gasteiger partial charge in [0.25, 0.3) is 0 Å². The molecule has 2 heterocycles. The molecule has 2 aliphatic heterocycles. The zero-order valence-electron chi connectivity index (χ0n) is 17.7. The van der Waals surface area contributed by atoms with Gasteiger partial charge in [0.05, 0.1) is 18.7 Å². The topological polar surface area (TPSA) is 61.9 Å². The van der Waals surface area contributed by atoms with Gasteiger partial charge in [0, 0.05) is 25.2 Å². The average molecular weight is 408 g/mol. The number of rotatable bonds is 5. The van der Waals surface area contributed by atoms with Gasteiger partial charge < -0.3 is 10.1 Å². The van der Waals surface area contributed by atoms with Crippen molar-refractivity contribution in [2.24, 2.45) is 0 Å². The minimum Gasteiger partial charge on any atom is -0.491 e. The van der Waals surface area contributed by atoms with Crippen LogP contribution in [0.1, 0.15) is 31.4 Å². The first-order chi connectivity index (χ1) is 14.4. The second kappa shape index (κ2) is 8.48. The van der Waals surface area contributed by atoms with E-state index in [1.165, 1.54) is 16.0 Å². The van der Waals surface area contributed by atoms with Crippen LogP contribution in [0.2, 0.25) is 0 Å². The van der Waals surface area contributed by atoms with E-state index < -0.39 is 0 Å². The van der Waals surface area contributed by atoms with Gasteiger partial charge in [-0.25, -0.2) is 0 Å². The van der Waals surface area contributed by atoms with Crippen molar-refractivity contribution in [3.05, 3.63) is 59.7 Å². The van der Waals surface area contributed by atoms with Gasteiger partial charge in [-0.15, -0.1) is 0 Å². The largest absolute Gasteiger partial charge is 0.491 e. The summed E-state index contributed by atoms with van der Waals surface area (Å²) in [4.78, 5) is 29.2. The summed E-state index contributed by atoms with van der Waals surface area (Å²) in [5.41, 5.74) is 3.23. The summed E-state index contributed by atoms with van der Waals surface area (Å²) in [5.74, 6) is 0.385. The Labute approximate surface area is 177 Å². The van der Waals surface area contributed by atoms with E-state index in [0.29, 0.717) is 24.6 Å². The number of carbonyl (C=O) groups excluding carboxylic acids is 2. The van der Waals surface area contributed by atoms with Crippen LogP contribution in [-0.2, 0) is 22.6 Å². The van der Waals surface area contributed by atoms with Crippen molar-refractivity contribution in [2.75, 3.05) is 31.1 Å². The SMILES string of the molecule is CC(C)(CNC(=O)CN1C(=O)CCOc2ccccc21)N1CCc2ccccc2C1. The number of carbonyl (C=O) groups is 2. The quantitative estimate of drug-likeness (QED) is 0.828. The first-order valence-electron chi connectivity index (χ1n) is 10.5. The minimum atomic E-state index is -0.187. The first-order valence-corrected chi connectivity index (χ1v) is 10.5. The molecule has 2 aliphatic rings. The molecule has 0 fully saturated rings. The van der Waals surface area contributed by atoms with E-state index in [4.69, 9.17) is 4.74 Å². The smallest absolute Gasteiger partial charge is 0.240 e. The van der Waals surface area contributed by atoms with Crippen molar-refractivity contribution in [1.29, 1.82) is 0 Å². The summed E-state index contributed by atoms with van der Waals surface area (Å²) in [6, 6.07) is 15.9. The number of hydrogen-bond donors (Lipinski definition) is 1. The summed E-state index contributed by atoms with van der Waals surface area (Å²) >= 11 is 0. The molecule has 0 atom stereocenters. The lowest BCUT2D eigenvalue weighted by atomic mass is 9.94. The highest BCUT2D eigenvalue weighted by molar-refractivity contribution is 6.00. The lowest BCUT2D eigenvalue weighted by molar-refractivity contribution is -0.124. The van der Waals surface area contributed by atoms with Crippen LogP contribution in [-0.4, -0.2) is 48.5 Å². The lowest BCUT2D eigenvalue weighted by Gasteiger charge is -2.41. The average Bonchev–Trinajstić information content (AvgIpc) is 2.91. The van der Waals surface area contributed by atoms with Crippen molar-refractivity contribution in [3.63, 3.8) is 0 Å². The summed E-state index contributed by atoms with van der Waals surface area (Å²) in [5, 5.41) is 3.05. The zero-order valence-corrected chi connectivity index (χ0v) is 17.7. The van der Waals surface area contributed by atoms with E-state index >= 15 is 0 Å².